The van der Waals surface area contributed by atoms with Gasteiger partial charge in [0.1, 0.15) is 0 Å². The van der Waals surface area contributed by atoms with Crippen molar-refractivity contribution in [2.75, 3.05) is 24.2 Å². The van der Waals surface area contributed by atoms with Crippen LogP contribution >= 0.6 is 11.8 Å². The van der Waals surface area contributed by atoms with E-state index in [1.807, 2.05) is 43.5 Å². The van der Waals surface area contributed by atoms with Crippen molar-refractivity contribution >= 4 is 28.6 Å². The molecule has 1 rings (SSSR count). The number of carbonyl (C=O) groups is 1. The number of rotatable bonds is 6. The van der Waals surface area contributed by atoms with Crippen molar-refractivity contribution in [1.82, 2.24) is 0 Å². The second kappa shape index (κ2) is 8.39. The third-order valence-corrected chi connectivity index (χ3v) is 3.35. The summed E-state index contributed by atoms with van der Waals surface area (Å²) in [5.41, 5.74) is 2.21. The molecular weight excluding hydrogens is 256 g/mol. The number of anilines is 1. The van der Waals surface area contributed by atoms with Gasteiger partial charge in [-0.3, -0.25) is 4.79 Å². The fourth-order valence-electron chi connectivity index (χ4n) is 1.54. The normalized spacial score (nSPS) is 10.4. The second-order valence-corrected chi connectivity index (χ2v) is 5.32. The standard InChI is InChI=1S/C15H18N2OS/c1-13(18)19-12-3-5-14-6-8-15(9-7-14)17(2)11-4-10-16/h3,5-9H,4,11-12H2,1-2H3. The molecule has 1 aromatic carbocycles. The monoisotopic (exact) mass is 274 g/mol. The number of hydrogen-bond acceptors (Lipinski definition) is 4. The molecule has 0 saturated heterocycles. The van der Waals surface area contributed by atoms with Crippen LogP contribution in [0.4, 0.5) is 5.69 Å². The Kier molecular flexibility index (Phi) is 6.76. The highest BCUT2D eigenvalue weighted by atomic mass is 32.2. The minimum Gasteiger partial charge on any atom is -0.374 e. The maximum Gasteiger partial charge on any atom is 0.186 e. The predicted molar refractivity (Wildman–Crippen MR) is 82.1 cm³/mol. The Morgan fingerprint density at radius 3 is 2.68 bits per heavy atom. The van der Waals surface area contributed by atoms with Crippen LogP contribution in [-0.4, -0.2) is 24.5 Å². The van der Waals surface area contributed by atoms with Gasteiger partial charge in [-0.05, 0) is 17.7 Å². The summed E-state index contributed by atoms with van der Waals surface area (Å²) in [6, 6.07) is 10.3. The van der Waals surface area contributed by atoms with Crippen molar-refractivity contribution < 1.29 is 4.79 Å². The molecule has 0 radical (unpaired) electrons. The summed E-state index contributed by atoms with van der Waals surface area (Å²) < 4.78 is 0. The van der Waals surface area contributed by atoms with Gasteiger partial charge < -0.3 is 4.90 Å². The summed E-state index contributed by atoms with van der Waals surface area (Å²) in [5.74, 6) is 0.707. The first-order chi connectivity index (χ1) is 9.13. The van der Waals surface area contributed by atoms with Gasteiger partial charge in [-0.2, -0.15) is 5.26 Å². The Morgan fingerprint density at radius 2 is 2.11 bits per heavy atom. The summed E-state index contributed by atoms with van der Waals surface area (Å²) in [4.78, 5) is 12.8. The van der Waals surface area contributed by atoms with Crippen molar-refractivity contribution in [2.24, 2.45) is 0 Å². The van der Waals surface area contributed by atoms with E-state index < -0.39 is 0 Å². The van der Waals surface area contributed by atoms with Crippen molar-refractivity contribution in [2.45, 2.75) is 13.3 Å². The maximum atomic E-state index is 10.8. The summed E-state index contributed by atoms with van der Waals surface area (Å²) >= 11 is 1.30. The van der Waals surface area contributed by atoms with Gasteiger partial charge in [-0.25, -0.2) is 0 Å². The fraction of sp³-hybridized carbons (Fsp3) is 0.333. The van der Waals surface area contributed by atoms with Gasteiger partial charge in [0.25, 0.3) is 0 Å². The third-order valence-electron chi connectivity index (χ3n) is 2.59. The SMILES string of the molecule is CC(=O)SCC=Cc1ccc(N(C)CCC#N)cc1. The van der Waals surface area contributed by atoms with Crippen LogP contribution < -0.4 is 4.90 Å². The first-order valence-corrected chi connectivity index (χ1v) is 7.10. The van der Waals surface area contributed by atoms with E-state index >= 15 is 0 Å². The van der Waals surface area contributed by atoms with Crippen molar-refractivity contribution in [3.8, 4) is 6.07 Å². The Balaban J connectivity index is 2.51. The highest BCUT2D eigenvalue weighted by molar-refractivity contribution is 8.13. The molecule has 100 valence electrons. The lowest BCUT2D eigenvalue weighted by molar-refractivity contribution is -0.109. The van der Waals surface area contributed by atoms with Crippen molar-refractivity contribution in [1.29, 1.82) is 5.26 Å². The topological polar surface area (TPSA) is 44.1 Å². The summed E-state index contributed by atoms with van der Waals surface area (Å²) in [6.45, 7) is 2.31. The fourth-order valence-corrected chi connectivity index (χ4v) is 1.96. The largest absolute Gasteiger partial charge is 0.374 e. The van der Waals surface area contributed by atoms with Crippen LogP contribution in [0.5, 0.6) is 0 Å². The molecule has 0 saturated carbocycles. The van der Waals surface area contributed by atoms with Crippen LogP contribution in [-0.2, 0) is 4.79 Å². The first kappa shape index (κ1) is 15.3. The molecule has 0 fully saturated rings. The Hall–Kier alpha value is -1.73. The van der Waals surface area contributed by atoms with E-state index in [0.29, 0.717) is 12.2 Å². The van der Waals surface area contributed by atoms with E-state index in [9.17, 15) is 4.79 Å². The lowest BCUT2D eigenvalue weighted by Gasteiger charge is -2.17. The highest BCUT2D eigenvalue weighted by Crippen LogP contribution is 2.15. The predicted octanol–water partition coefficient (Wildman–Crippen LogP) is 3.33. The number of carbonyl (C=O) groups excluding carboxylic acids is 1. The quantitative estimate of drug-likeness (QED) is 0.798. The van der Waals surface area contributed by atoms with Gasteiger partial charge in [0.05, 0.1) is 12.5 Å². The molecule has 19 heavy (non-hydrogen) atoms. The van der Waals surface area contributed by atoms with Crippen LogP contribution in [0.1, 0.15) is 18.9 Å². The molecule has 4 heteroatoms. The molecule has 0 aliphatic heterocycles. The maximum absolute atomic E-state index is 10.8. The molecule has 0 aromatic heterocycles. The number of thioether (sulfide) groups is 1. The van der Waals surface area contributed by atoms with E-state index in [1.54, 1.807) is 6.92 Å². The second-order valence-electron chi connectivity index (χ2n) is 4.13. The van der Waals surface area contributed by atoms with E-state index in [0.717, 1.165) is 17.8 Å². The molecule has 0 spiro atoms. The zero-order valence-electron chi connectivity index (χ0n) is 11.3. The Labute approximate surface area is 118 Å². The van der Waals surface area contributed by atoms with Crippen LogP contribution in [0.15, 0.2) is 30.3 Å². The average molecular weight is 274 g/mol. The van der Waals surface area contributed by atoms with Gasteiger partial charge in [0.15, 0.2) is 5.12 Å². The highest BCUT2D eigenvalue weighted by Gasteiger charge is 1.99. The van der Waals surface area contributed by atoms with Gasteiger partial charge in [0, 0.05) is 32.0 Å². The van der Waals surface area contributed by atoms with E-state index in [4.69, 9.17) is 5.26 Å². The molecule has 0 amide bonds. The molecule has 0 bridgehead atoms. The molecule has 0 aliphatic carbocycles. The minimum absolute atomic E-state index is 0.138. The number of hydrogen-bond donors (Lipinski definition) is 0. The van der Waals surface area contributed by atoms with Crippen LogP contribution in [0.3, 0.4) is 0 Å². The van der Waals surface area contributed by atoms with E-state index in [2.05, 4.69) is 11.0 Å². The molecule has 3 nitrogen and oxygen atoms in total. The third kappa shape index (κ3) is 6.12. The van der Waals surface area contributed by atoms with Gasteiger partial charge >= 0.3 is 0 Å². The smallest absolute Gasteiger partial charge is 0.186 e. The lowest BCUT2D eigenvalue weighted by atomic mass is 10.2. The van der Waals surface area contributed by atoms with Crippen molar-refractivity contribution in [3.05, 3.63) is 35.9 Å². The summed E-state index contributed by atoms with van der Waals surface area (Å²) in [6.07, 6.45) is 4.52. The Morgan fingerprint density at radius 1 is 1.42 bits per heavy atom. The van der Waals surface area contributed by atoms with Crippen LogP contribution in [0, 0.1) is 11.3 Å². The lowest BCUT2D eigenvalue weighted by Crippen LogP contribution is -2.17. The van der Waals surface area contributed by atoms with E-state index in [1.165, 1.54) is 11.8 Å². The molecule has 0 N–H and O–H groups in total. The number of benzene rings is 1. The summed E-state index contributed by atoms with van der Waals surface area (Å²) in [5, 5.41) is 8.69. The molecule has 1 aromatic rings. The summed E-state index contributed by atoms with van der Waals surface area (Å²) in [7, 11) is 1.98. The minimum atomic E-state index is 0.138. The zero-order valence-corrected chi connectivity index (χ0v) is 12.1. The van der Waals surface area contributed by atoms with Crippen LogP contribution in [0.2, 0.25) is 0 Å². The van der Waals surface area contributed by atoms with Crippen LogP contribution in [0.25, 0.3) is 6.08 Å². The van der Waals surface area contributed by atoms with Gasteiger partial charge in [-0.1, -0.05) is 36.0 Å². The first-order valence-electron chi connectivity index (χ1n) is 6.11. The number of nitrogens with zero attached hydrogens (tertiary/aromatic N) is 2. The molecule has 0 unspecified atom stereocenters. The van der Waals surface area contributed by atoms with E-state index in [-0.39, 0.29) is 5.12 Å². The average Bonchev–Trinajstić information content (AvgIpc) is 2.41. The molecule has 0 aliphatic rings. The number of nitriles is 1. The zero-order chi connectivity index (χ0) is 14.1. The van der Waals surface area contributed by atoms with Gasteiger partial charge in [-0.15, -0.1) is 0 Å². The molecule has 0 heterocycles. The molecule has 0 atom stereocenters. The Bertz CT molecular complexity index is 474. The molecular formula is C15H18N2OS. The van der Waals surface area contributed by atoms with Gasteiger partial charge in [0.2, 0.25) is 0 Å². The van der Waals surface area contributed by atoms with Crippen molar-refractivity contribution in [3.63, 3.8) is 0 Å².